The first-order valence-corrected chi connectivity index (χ1v) is 6.34. The van der Waals surface area contributed by atoms with Gasteiger partial charge >= 0.3 is 0 Å². The summed E-state index contributed by atoms with van der Waals surface area (Å²) in [6.45, 7) is 0. The van der Waals surface area contributed by atoms with E-state index >= 15 is 0 Å². The summed E-state index contributed by atoms with van der Waals surface area (Å²) in [7, 11) is 0. The third kappa shape index (κ3) is 1.38. The van der Waals surface area contributed by atoms with Crippen LogP contribution >= 0.6 is 12.2 Å². The summed E-state index contributed by atoms with van der Waals surface area (Å²) in [5, 5.41) is 2.09. The van der Waals surface area contributed by atoms with Crippen LogP contribution in [0.5, 0.6) is 0 Å². The molecule has 0 aromatic carbocycles. The SMILES string of the molecule is NC(=S)N(N)C12CC3CC(CC(C3)C1)C2. The predicted octanol–water partition coefficient (Wildman–Crippen LogP) is 1.37. The van der Waals surface area contributed by atoms with Crippen LogP contribution in [-0.4, -0.2) is 15.7 Å². The van der Waals surface area contributed by atoms with Crippen LogP contribution in [0.25, 0.3) is 0 Å². The van der Waals surface area contributed by atoms with Crippen molar-refractivity contribution >= 4 is 17.3 Å². The van der Waals surface area contributed by atoms with E-state index in [1.807, 2.05) is 0 Å². The van der Waals surface area contributed by atoms with Crippen molar-refractivity contribution < 1.29 is 0 Å². The van der Waals surface area contributed by atoms with Gasteiger partial charge in [-0.1, -0.05) is 0 Å². The molecule has 4 heteroatoms. The molecule has 4 rings (SSSR count). The van der Waals surface area contributed by atoms with Crippen LogP contribution in [-0.2, 0) is 0 Å². The second kappa shape index (κ2) is 3.08. The van der Waals surface area contributed by atoms with Gasteiger partial charge in [0, 0.05) is 0 Å². The van der Waals surface area contributed by atoms with Gasteiger partial charge in [-0.2, -0.15) is 0 Å². The maximum Gasteiger partial charge on any atom is 0.181 e. The molecule has 0 saturated heterocycles. The molecule has 0 unspecified atom stereocenters. The summed E-state index contributed by atoms with van der Waals surface area (Å²) < 4.78 is 0. The Balaban J connectivity index is 1.89. The molecule has 84 valence electrons. The van der Waals surface area contributed by atoms with Crippen molar-refractivity contribution in [2.24, 2.45) is 29.3 Å². The van der Waals surface area contributed by atoms with Gasteiger partial charge in [0.05, 0.1) is 5.54 Å². The number of hydrogen-bond donors (Lipinski definition) is 2. The highest BCUT2D eigenvalue weighted by molar-refractivity contribution is 7.80. The molecule has 4 saturated carbocycles. The van der Waals surface area contributed by atoms with E-state index in [2.05, 4.69) is 0 Å². The summed E-state index contributed by atoms with van der Waals surface area (Å²) in [4.78, 5) is 0. The highest BCUT2D eigenvalue weighted by atomic mass is 32.1. The van der Waals surface area contributed by atoms with Gasteiger partial charge in [0.2, 0.25) is 0 Å². The van der Waals surface area contributed by atoms with Crippen LogP contribution in [0.1, 0.15) is 38.5 Å². The number of hydrazine groups is 1. The van der Waals surface area contributed by atoms with E-state index in [4.69, 9.17) is 23.8 Å². The molecule has 0 spiro atoms. The average Bonchev–Trinajstić information content (AvgIpc) is 2.14. The minimum atomic E-state index is 0.126. The smallest absolute Gasteiger partial charge is 0.181 e. The van der Waals surface area contributed by atoms with Crippen LogP contribution in [0.3, 0.4) is 0 Å². The van der Waals surface area contributed by atoms with Gasteiger partial charge in [0.15, 0.2) is 5.11 Å². The second-order valence-corrected chi connectivity index (χ2v) is 6.27. The highest BCUT2D eigenvalue weighted by Gasteiger charge is 2.53. The Morgan fingerprint density at radius 2 is 1.47 bits per heavy atom. The third-order valence-corrected chi connectivity index (χ3v) is 4.95. The molecular weight excluding hydrogens is 206 g/mol. The van der Waals surface area contributed by atoms with Gasteiger partial charge in [-0.05, 0) is 68.5 Å². The lowest BCUT2D eigenvalue weighted by Gasteiger charge is -2.59. The fourth-order valence-electron chi connectivity index (χ4n) is 4.59. The molecule has 0 aromatic heterocycles. The Labute approximate surface area is 96.1 Å². The van der Waals surface area contributed by atoms with E-state index in [1.54, 1.807) is 5.01 Å². The van der Waals surface area contributed by atoms with Crippen LogP contribution in [0.4, 0.5) is 0 Å². The van der Waals surface area contributed by atoms with Crippen LogP contribution < -0.4 is 11.6 Å². The Hall–Kier alpha value is -0.350. The summed E-state index contributed by atoms with van der Waals surface area (Å²) >= 11 is 5.03. The first-order valence-electron chi connectivity index (χ1n) is 5.93. The molecular formula is C11H19N3S. The number of hydrogen-bond acceptors (Lipinski definition) is 2. The Morgan fingerprint density at radius 3 is 1.80 bits per heavy atom. The van der Waals surface area contributed by atoms with Gasteiger partial charge in [0.1, 0.15) is 0 Å². The number of rotatable bonds is 1. The normalized spacial score (nSPS) is 46.9. The molecule has 0 radical (unpaired) electrons. The van der Waals surface area contributed by atoms with Crippen molar-refractivity contribution in [1.82, 2.24) is 5.01 Å². The van der Waals surface area contributed by atoms with Crippen LogP contribution in [0, 0.1) is 17.8 Å². The number of nitrogens with two attached hydrogens (primary N) is 2. The first kappa shape index (κ1) is 9.85. The van der Waals surface area contributed by atoms with E-state index in [0.29, 0.717) is 5.11 Å². The summed E-state index contributed by atoms with van der Waals surface area (Å²) in [6.07, 6.45) is 7.91. The van der Waals surface area contributed by atoms with Crippen LogP contribution in [0.15, 0.2) is 0 Å². The van der Waals surface area contributed by atoms with Crippen molar-refractivity contribution in [3.05, 3.63) is 0 Å². The molecule has 0 amide bonds. The van der Waals surface area contributed by atoms with Crippen molar-refractivity contribution in [3.8, 4) is 0 Å². The molecule has 0 atom stereocenters. The lowest BCUT2D eigenvalue weighted by Crippen LogP contribution is -2.65. The van der Waals surface area contributed by atoms with Gasteiger partial charge in [-0.25, -0.2) is 5.84 Å². The quantitative estimate of drug-likeness (QED) is 0.402. The first-order chi connectivity index (χ1) is 7.09. The van der Waals surface area contributed by atoms with Crippen molar-refractivity contribution in [3.63, 3.8) is 0 Å². The minimum Gasteiger partial charge on any atom is -0.375 e. The lowest BCUT2D eigenvalue weighted by molar-refractivity contribution is -0.0623. The monoisotopic (exact) mass is 225 g/mol. The predicted molar refractivity (Wildman–Crippen MR) is 63.7 cm³/mol. The Bertz CT molecular complexity index is 267. The zero-order chi connectivity index (χ0) is 10.6. The summed E-state index contributed by atoms with van der Waals surface area (Å²) in [5.74, 6) is 8.74. The lowest BCUT2D eigenvalue weighted by atomic mass is 9.53. The Kier molecular flexibility index (Phi) is 2.02. The maximum atomic E-state index is 6.08. The zero-order valence-electron chi connectivity index (χ0n) is 8.98. The average molecular weight is 225 g/mol. The third-order valence-electron chi connectivity index (χ3n) is 4.75. The molecule has 15 heavy (non-hydrogen) atoms. The van der Waals surface area contributed by atoms with Gasteiger partial charge in [-0.3, -0.25) is 5.01 Å². The molecule has 0 aromatic rings. The van der Waals surface area contributed by atoms with E-state index in [9.17, 15) is 0 Å². The van der Waals surface area contributed by atoms with Crippen LogP contribution in [0.2, 0.25) is 0 Å². The molecule has 4 fully saturated rings. The fourth-order valence-corrected chi connectivity index (χ4v) is 4.79. The van der Waals surface area contributed by atoms with Crippen molar-refractivity contribution in [2.75, 3.05) is 0 Å². The molecule has 4 N–H and O–H groups in total. The standard InChI is InChI=1S/C11H19N3S/c12-10(15)14(13)11-4-7-1-8(5-11)3-9(2-7)6-11/h7-9H,1-6,13H2,(H2,12,15). The summed E-state index contributed by atoms with van der Waals surface area (Å²) in [5.41, 5.74) is 5.82. The van der Waals surface area contributed by atoms with Gasteiger partial charge in [0.25, 0.3) is 0 Å². The second-order valence-electron chi connectivity index (χ2n) is 5.85. The zero-order valence-corrected chi connectivity index (χ0v) is 9.80. The van der Waals surface area contributed by atoms with E-state index in [-0.39, 0.29) is 5.54 Å². The molecule has 0 heterocycles. The number of nitrogens with zero attached hydrogens (tertiary/aromatic N) is 1. The summed E-state index contributed by atoms with van der Waals surface area (Å²) in [6, 6.07) is 0. The largest absolute Gasteiger partial charge is 0.375 e. The van der Waals surface area contributed by atoms with Gasteiger partial charge in [-0.15, -0.1) is 0 Å². The topological polar surface area (TPSA) is 55.3 Å². The van der Waals surface area contributed by atoms with Crippen molar-refractivity contribution in [2.45, 2.75) is 44.1 Å². The Morgan fingerprint density at radius 1 is 1.07 bits per heavy atom. The molecule has 0 aliphatic heterocycles. The van der Waals surface area contributed by atoms with E-state index < -0.39 is 0 Å². The fraction of sp³-hybridized carbons (Fsp3) is 0.909. The molecule has 4 aliphatic carbocycles. The van der Waals surface area contributed by atoms with E-state index in [1.165, 1.54) is 38.5 Å². The van der Waals surface area contributed by atoms with Gasteiger partial charge < -0.3 is 5.73 Å². The minimum absolute atomic E-state index is 0.126. The maximum absolute atomic E-state index is 6.08. The van der Waals surface area contributed by atoms with Crippen molar-refractivity contribution in [1.29, 1.82) is 0 Å². The molecule has 4 bridgehead atoms. The highest BCUT2D eigenvalue weighted by Crippen LogP contribution is 2.57. The molecule has 4 aliphatic rings. The number of thiocarbonyl (C=S) groups is 1. The molecule has 3 nitrogen and oxygen atoms in total. The van der Waals surface area contributed by atoms with E-state index in [0.717, 1.165) is 17.8 Å².